The molecule has 0 spiro atoms. The van der Waals surface area contributed by atoms with Crippen LogP contribution in [0.4, 0.5) is 0 Å². The van der Waals surface area contributed by atoms with Gasteiger partial charge in [0.2, 0.25) is 5.91 Å². The highest BCUT2D eigenvalue weighted by molar-refractivity contribution is 5.81. The van der Waals surface area contributed by atoms with Crippen molar-refractivity contribution >= 4 is 5.91 Å². The molecular weight excluding hydrogens is 208 g/mol. The largest absolute Gasteiger partial charge is 0.376 e. The van der Waals surface area contributed by atoms with Gasteiger partial charge in [-0.15, -0.1) is 0 Å². The second-order valence-electron chi connectivity index (χ2n) is 4.22. The van der Waals surface area contributed by atoms with Crippen LogP contribution >= 0.6 is 0 Å². The highest BCUT2D eigenvalue weighted by Crippen LogP contribution is 2.05. The first kappa shape index (κ1) is 13.4. The Hall–Kier alpha value is -0.650. The van der Waals surface area contributed by atoms with E-state index in [9.17, 15) is 4.79 Å². The Bertz CT molecular complexity index is 217. The third-order valence-electron chi connectivity index (χ3n) is 2.95. The van der Waals surface area contributed by atoms with Gasteiger partial charge in [0.05, 0.1) is 32.0 Å². The molecule has 1 amide bonds. The topological polar surface area (TPSA) is 73.6 Å². The minimum absolute atomic E-state index is 0.0400. The molecule has 1 aliphatic heterocycles. The third-order valence-corrected chi connectivity index (χ3v) is 2.95. The first-order chi connectivity index (χ1) is 7.65. The van der Waals surface area contributed by atoms with E-state index in [1.54, 1.807) is 0 Å². The second kappa shape index (κ2) is 6.83. The zero-order valence-corrected chi connectivity index (χ0v) is 10.1. The van der Waals surface area contributed by atoms with Crippen molar-refractivity contribution in [2.75, 3.05) is 26.4 Å². The SMILES string of the molecule is CCC(C)[C@H](N)C(=O)NCC1COCCO1. The van der Waals surface area contributed by atoms with Crippen molar-refractivity contribution in [2.24, 2.45) is 11.7 Å². The number of hydrogen-bond donors (Lipinski definition) is 2. The van der Waals surface area contributed by atoms with Crippen LogP contribution in [0.1, 0.15) is 20.3 Å². The molecule has 0 bridgehead atoms. The van der Waals surface area contributed by atoms with Gasteiger partial charge in [0.25, 0.3) is 0 Å². The quantitative estimate of drug-likeness (QED) is 0.691. The van der Waals surface area contributed by atoms with Crippen LogP contribution in [0.25, 0.3) is 0 Å². The Kier molecular flexibility index (Phi) is 5.73. The molecule has 0 radical (unpaired) electrons. The van der Waals surface area contributed by atoms with E-state index in [-0.39, 0.29) is 17.9 Å². The Morgan fingerprint density at radius 2 is 2.31 bits per heavy atom. The Morgan fingerprint density at radius 1 is 1.56 bits per heavy atom. The van der Waals surface area contributed by atoms with Crippen LogP contribution in [0, 0.1) is 5.92 Å². The molecule has 94 valence electrons. The summed E-state index contributed by atoms with van der Waals surface area (Å²) in [6, 6.07) is -0.436. The summed E-state index contributed by atoms with van der Waals surface area (Å²) >= 11 is 0. The number of carbonyl (C=O) groups excluding carboxylic acids is 1. The summed E-state index contributed by atoms with van der Waals surface area (Å²) in [5.41, 5.74) is 5.80. The maximum Gasteiger partial charge on any atom is 0.237 e. The van der Waals surface area contributed by atoms with E-state index in [0.29, 0.717) is 26.4 Å². The average molecular weight is 230 g/mol. The maximum absolute atomic E-state index is 11.7. The summed E-state index contributed by atoms with van der Waals surface area (Å²) < 4.78 is 10.7. The van der Waals surface area contributed by atoms with Crippen LogP contribution in [0.2, 0.25) is 0 Å². The zero-order valence-electron chi connectivity index (χ0n) is 10.1. The maximum atomic E-state index is 11.7. The van der Waals surface area contributed by atoms with Gasteiger partial charge in [-0.1, -0.05) is 20.3 Å². The number of nitrogens with one attached hydrogen (secondary N) is 1. The number of rotatable bonds is 5. The summed E-state index contributed by atoms with van der Waals surface area (Å²) in [7, 11) is 0. The zero-order chi connectivity index (χ0) is 12.0. The Morgan fingerprint density at radius 3 is 2.88 bits per heavy atom. The van der Waals surface area contributed by atoms with Crippen molar-refractivity contribution in [1.82, 2.24) is 5.32 Å². The molecule has 5 nitrogen and oxygen atoms in total. The van der Waals surface area contributed by atoms with Gasteiger partial charge in [0, 0.05) is 6.54 Å². The summed E-state index contributed by atoms with van der Waals surface area (Å²) in [6.45, 7) is 6.25. The lowest BCUT2D eigenvalue weighted by Crippen LogP contribution is -2.48. The molecule has 2 unspecified atom stereocenters. The van der Waals surface area contributed by atoms with Crippen molar-refractivity contribution in [2.45, 2.75) is 32.4 Å². The molecule has 1 aliphatic rings. The van der Waals surface area contributed by atoms with Crippen molar-refractivity contribution in [3.05, 3.63) is 0 Å². The highest BCUT2D eigenvalue weighted by atomic mass is 16.6. The van der Waals surface area contributed by atoms with Crippen LogP contribution in [0.3, 0.4) is 0 Å². The number of hydrogen-bond acceptors (Lipinski definition) is 4. The summed E-state index contributed by atoms with van der Waals surface area (Å²) in [5.74, 6) is 0.0899. The number of carbonyl (C=O) groups is 1. The van der Waals surface area contributed by atoms with Gasteiger partial charge in [-0.25, -0.2) is 0 Å². The molecule has 0 aromatic carbocycles. The number of amides is 1. The van der Waals surface area contributed by atoms with Crippen molar-refractivity contribution < 1.29 is 14.3 Å². The van der Waals surface area contributed by atoms with Crippen molar-refractivity contribution in [3.63, 3.8) is 0 Å². The van der Waals surface area contributed by atoms with Crippen LogP contribution in [-0.4, -0.2) is 44.4 Å². The second-order valence-corrected chi connectivity index (χ2v) is 4.22. The molecule has 1 saturated heterocycles. The Balaban J connectivity index is 2.23. The fraction of sp³-hybridized carbons (Fsp3) is 0.909. The van der Waals surface area contributed by atoms with Gasteiger partial charge in [-0.3, -0.25) is 4.79 Å². The van der Waals surface area contributed by atoms with Crippen LogP contribution < -0.4 is 11.1 Å². The standard InChI is InChI=1S/C11H22N2O3/c1-3-8(2)10(12)11(14)13-6-9-7-15-4-5-16-9/h8-10H,3-7,12H2,1-2H3,(H,13,14)/t8?,9?,10-/m0/s1. The van der Waals surface area contributed by atoms with Gasteiger partial charge < -0.3 is 20.5 Å². The number of nitrogens with two attached hydrogens (primary N) is 1. The normalized spacial score (nSPS) is 24.8. The van der Waals surface area contributed by atoms with E-state index in [4.69, 9.17) is 15.2 Å². The summed E-state index contributed by atoms with van der Waals surface area (Å²) in [4.78, 5) is 11.7. The van der Waals surface area contributed by atoms with Crippen LogP contribution in [-0.2, 0) is 14.3 Å². The van der Waals surface area contributed by atoms with E-state index in [2.05, 4.69) is 5.32 Å². The predicted octanol–water partition coefficient (Wildman–Crippen LogP) is -0.109. The lowest BCUT2D eigenvalue weighted by molar-refractivity contribution is -0.126. The molecule has 0 aromatic rings. The fourth-order valence-electron chi connectivity index (χ4n) is 1.50. The molecule has 0 saturated carbocycles. The van der Waals surface area contributed by atoms with E-state index in [1.165, 1.54) is 0 Å². The van der Waals surface area contributed by atoms with E-state index in [1.807, 2.05) is 13.8 Å². The first-order valence-electron chi connectivity index (χ1n) is 5.87. The van der Waals surface area contributed by atoms with Gasteiger partial charge >= 0.3 is 0 Å². The minimum Gasteiger partial charge on any atom is -0.376 e. The summed E-state index contributed by atoms with van der Waals surface area (Å²) in [6.07, 6.45) is 0.860. The molecule has 3 atom stereocenters. The third kappa shape index (κ3) is 4.08. The van der Waals surface area contributed by atoms with Crippen LogP contribution in [0.5, 0.6) is 0 Å². The van der Waals surface area contributed by atoms with Crippen molar-refractivity contribution in [3.8, 4) is 0 Å². The molecule has 16 heavy (non-hydrogen) atoms. The lowest BCUT2D eigenvalue weighted by atomic mass is 9.99. The van der Waals surface area contributed by atoms with E-state index in [0.717, 1.165) is 6.42 Å². The molecular formula is C11H22N2O3. The number of ether oxygens (including phenoxy) is 2. The first-order valence-corrected chi connectivity index (χ1v) is 5.87. The minimum atomic E-state index is -0.436. The average Bonchev–Trinajstić information content (AvgIpc) is 2.35. The molecule has 1 rings (SSSR count). The molecule has 1 heterocycles. The smallest absolute Gasteiger partial charge is 0.237 e. The van der Waals surface area contributed by atoms with E-state index < -0.39 is 6.04 Å². The van der Waals surface area contributed by atoms with Gasteiger partial charge in [-0.05, 0) is 5.92 Å². The predicted molar refractivity (Wildman–Crippen MR) is 61.0 cm³/mol. The van der Waals surface area contributed by atoms with Crippen molar-refractivity contribution in [1.29, 1.82) is 0 Å². The van der Waals surface area contributed by atoms with E-state index >= 15 is 0 Å². The van der Waals surface area contributed by atoms with Crippen LogP contribution in [0.15, 0.2) is 0 Å². The summed E-state index contributed by atoms with van der Waals surface area (Å²) in [5, 5.41) is 2.80. The Labute approximate surface area is 96.7 Å². The fourth-order valence-corrected chi connectivity index (χ4v) is 1.50. The molecule has 3 N–H and O–H groups in total. The highest BCUT2D eigenvalue weighted by Gasteiger charge is 2.21. The molecule has 5 heteroatoms. The lowest BCUT2D eigenvalue weighted by Gasteiger charge is -2.24. The molecule has 0 aliphatic carbocycles. The van der Waals surface area contributed by atoms with Gasteiger partial charge in [0.15, 0.2) is 0 Å². The molecule has 0 aromatic heterocycles. The monoisotopic (exact) mass is 230 g/mol. The van der Waals surface area contributed by atoms with Gasteiger partial charge in [-0.2, -0.15) is 0 Å². The molecule has 1 fully saturated rings. The van der Waals surface area contributed by atoms with Gasteiger partial charge in [0.1, 0.15) is 0 Å².